The Morgan fingerprint density at radius 3 is 2.71 bits per heavy atom. The average molecular weight is 314 g/mol. The molecule has 1 aromatic rings. The molecular formula is C13H22N4O3S. The average Bonchev–Trinajstić information content (AvgIpc) is 2.88. The zero-order chi connectivity index (χ0) is 15.7. The van der Waals surface area contributed by atoms with Crippen LogP contribution in [0.15, 0.2) is 18.2 Å². The minimum absolute atomic E-state index is 0.0999. The molecule has 0 spiro atoms. The predicted octanol–water partition coefficient (Wildman–Crippen LogP) is 1.05. The maximum atomic E-state index is 11.7. The third-order valence-electron chi connectivity index (χ3n) is 3.74. The molecule has 7 nitrogen and oxygen atoms in total. The topological polar surface area (TPSA) is 97.1 Å². The van der Waals surface area contributed by atoms with Crippen LogP contribution in [-0.4, -0.2) is 34.6 Å². The van der Waals surface area contributed by atoms with Gasteiger partial charge in [-0.1, -0.05) is 24.6 Å². The molecular weight excluding hydrogens is 292 g/mol. The molecule has 1 fully saturated rings. The number of nitrogens with one attached hydrogen (secondary N) is 1. The summed E-state index contributed by atoms with van der Waals surface area (Å²) >= 11 is 0. The number of aromatic nitrogens is 3. The Labute approximate surface area is 125 Å². The van der Waals surface area contributed by atoms with Crippen LogP contribution < -0.4 is 4.72 Å². The van der Waals surface area contributed by atoms with Crippen molar-refractivity contribution < 1.29 is 13.5 Å². The van der Waals surface area contributed by atoms with Gasteiger partial charge in [0.15, 0.2) is 0 Å². The lowest BCUT2D eigenvalue weighted by Gasteiger charge is -2.31. The summed E-state index contributed by atoms with van der Waals surface area (Å²) in [7, 11) is -3.48. The number of aliphatic hydroxyl groups is 1. The fraction of sp³-hybridized carbons (Fsp3) is 0.692. The van der Waals surface area contributed by atoms with Crippen molar-refractivity contribution in [3.05, 3.63) is 23.9 Å². The minimum atomic E-state index is -3.48. The molecule has 0 unspecified atom stereocenters. The van der Waals surface area contributed by atoms with E-state index in [0.717, 1.165) is 31.1 Å². The van der Waals surface area contributed by atoms with E-state index >= 15 is 0 Å². The van der Waals surface area contributed by atoms with Gasteiger partial charge in [0.25, 0.3) is 0 Å². The highest BCUT2D eigenvalue weighted by Gasteiger charge is 2.31. The minimum Gasteiger partial charge on any atom is -0.384 e. The SMILES string of the molecule is C=CS(=O)(=O)N[C@H]1CCCC[C@H]1n1cc(C(C)(C)O)nn1. The summed E-state index contributed by atoms with van der Waals surface area (Å²) in [6.07, 6.45) is 5.22. The quantitative estimate of drug-likeness (QED) is 0.847. The van der Waals surface area contributed by atoms with E-state index in [-0.39, 0.29) is 12.1 Å². The van der Waals surface area contributed by atoms with Gasteiger partial charge in [0.05, 0.1) is 12.2 Å². The van der Waals surface area contributed by atoms with Gasteiger partial charge < -0.3 is 5.11 Å². The Morgan fingerprint density at radius 1 is 1.48 bits per heavy atom. The van der Waals surface area contributed by atoms with Gasteiger partial charge in [0, 0.05) is 11.4 Å². The molecule has 1 aliphatic carbocycles. The Hall–Kier alpha value is -1.25. The largest absolute Gasteiger partial charge is 0.384 e. The predicted molar refractivity (Wildman–Crippen MR) is 78.8 cm³/mol. The first-order chi connectivity index (χ1) is 9.73. The maximum absolute atomic E-state index is 11.7. The lowest BCUT2D eigenvalue weighted by molar-refractivity contribution is 0.0736. The second kappa shape index (κ2) is 5.86. The molecule has 2 atom stereocenters. The molecule has 0 bridgehead atoms. The third kappa shape index (κ3) is 3.90. The molecule has 118 valence electrons. The number of hydrogen-bond donors (Lipinski definition) is 2. The maximum Gasteiger partial charge on any atom is 0.233 e. The second-order valence-electron chi connectivity index (χ2n) is 5.93. The molecule has 2 rings (SSSR count). The molecule has 21 heavy (non-hydrogen) atoms. The van der Waals surface area contributed by atoms with E-state index in [1.165, 1.54) is 0 Å². The summed E-state index contributed by atoms with van der Waals surface area (Å²) in [5.41, 5.74) is -0.596. The van der Waals surface area contributed by atoms with Crippen molar-refractivity contribution in [3.8, 4) is 0 Å². The smallest absolute Gasteiger partial charge is 0.233 e. The summed E-state index contributed by atoms with van der Waals surface area (Å²) < 4.78 is 27.7. The van der Waals surface area contributed by atoms with Crippen molar-refractivity contribution >= 4 is 10.0 Å². The Morgan fingerprint density at radius 2 is 2.14 bits per heavy atom. The molecule has 2 N–H and O–H groups in total. The van der Waals surface area contributed by atoms with E-state index < -0.39 is 15.6 Å². The van der Waals surface area contributed by atoms with E-state index in [9.17, 15) is 13.5 Å². The first-order valence-corrected chi connectivity index (χ1v) is 8.57. The van der Waals surface area contributed by atoms with Gasteiger partial charge in [0.1, 0.15) is 11.3 Å². The van der Waals surface area contributed by atoms with Crippen LogP contribution in [-0.2, 0) is 15.6 Å². The molecule has 1 heterocycles. The van der Waals surface area contributed by atoms with Crippen LogP contribution in [0.3, 0.4) is 0 Å². The second-order valence-corrected chi connectivity index (χ2v) is 7.59. The van der Waals surface area contributed by atoms with Gasteiger partial charge in [0.2, 0.25) is 10.0 Å². The summed E-state index contributed by atoms with van der Waals surface area (Å²) in [5, 5.41) is 18.9. The van der Waals surface area contributed by atoms with Crippen molar-refractivity contribution in [1.82, 2.24) is 19.7 Å². The highest BCUT2D eigenvalue weighted by Crippen LogP contribution is 2.29. The molecule has 8 heteroatoms. The molecule has 0 saturated heterocycles. The van der Waals surface area contributed by atoms with E-state index in [0.29, 0.717) is 5.69 Å². The molecule has 1 aromatic heterocycles. The first kappa shape index (κ1) is 16.1. The van der Waals surface area contributed by atoms with Crippen LogP contribution in [0, 0.1) is 0 Å². The lowest BCUT2D eigenvalue weighted by atomic mass is 9.91. The van der Waals surface area contributed by atoms with Crippen LogP contribution in [0.25, 0.3) is 0 Å². The molecule has 0 aliphatic heterocycles. The highest BCUT2D eigenvalue weighted by molar-refractivity contribution is 7.92. The number of rotatable bonds is 5. The van der Waals surface area contributed by atoms with Crippen LogP contribution in [0.5, 0.6) is 0 Å². The van der Waals surface area contributed by atoms with Gasteiger partial charge >= 0.3 is 0 Å². The number of sulfonamides is 1. The lowest BCUT2D eigenvalue weighted by Crippen LogP contribution is -2.42. The fourth-order valence-corrected chi connectivity index (χ4v) is 3.34. The number of hydrogen-bond acceptors (Lipinski definition) is 5. The van der Waals surface area contributed by atoms with Gasteiger partial charge in [-0.15, -0.1) is 5.10 Å². The summed E-state index contributed by atoms with van der Waals surface area (Å²) in [5.74, 6) is 0. The van der Waals surface area contributed by atoms with Crippen molar-refractivity contribution in [2.24, 2.45) is 0 Å². The van der Waals surface area contributed by atoms with Crippen LogP contribution >= 0.6 is 0 Å². The fourth-order valence-electron chi connectivity index (χ4n) is 2.54. The zero-order valence-corrected chi connectivity index (χ0v) is 13.2. The van der Waals surface area contributed by atoms with Gasteiger partial charge in [-0.25, -0.2) is 17.8 Å². The molecule has 0 aromatic carbocycles. The normalized spacial score (nSPS) is 24.0. The van der Waals surface area contributed by atoms with Crippen molar-refractivity contribution in [1.29, 1.82) is 0 Å². The Balaban J connectivity index is 2.23. The molecule has 0 amide bonds. The van der Waals surface area contributed by atoms with Crippen LogP contribution in [0.4, 0.5) is 0 Å². The summed E-state index contributed by atoms with van der Waals surface area (Å²) in [4.78, 5) is 0. The Kier molecular flexibility index (Phi) is 4.50. The third-order valence-corrected chi connectivity index (χ3v) is 4.81. The van der Waals surface area contributed by atoms with E-state index in [1.54, 1.807) is 24.7 Å². The standard InChI is InChI=1S/C13H22N4O3S/c1-4-21(19,20)15-10-7-5-6-8-11(10)17-9-12(14-16-17)13(2,3)18/h4,9-11,15,18H,1,5-8H2,2-3H3/t10-,11+/m0/s1. The first-order valence-electron chi connectivity index (χ1n) is 7.02. The summed E-state index contributed by atoms with van der Waals surface area (Å²) in [6, 6.07) is -0.338. The van der Waals surface area contributed by atoms with E-state index in [4.69, 9.17) is 0 Å². The van der Waals surface area contributed by atoms with Crippen LogP contribution in [0.1, 0.15) is 51.3 Å². The Bertz CT molecular complexity index is 603. The van der Waals surface area contributed by atoms with Gasteiger partial charge in [-0.2, -0.15) is 0 Å². The van der Waals surface area contributed by atoms with Gasteiger partial charge in [-0.3, -0.25) is 0 Å². The van der Waals surface area contributed by atoms with Crippen LogP contribution in [0.2, 0.25) is 0 Å². The molecule has 1 saturated carbocycles. The van der Waals surface area contributed by atoms with Crippen molar-refractivity contribution in [3.63, 3.8) is 0 Å². The summed E-state index contributed by atoms with van der Waals surface area (Å²) in [6.45, 7) is 6.59. The number of nitrogens with zero attached hydrogens (tertiary/aromatic N) is 3. The molecule has 0 radical (unpaired) electrons. The van der Waals surface area contributed by atoms with E-state index in [2.05, 4.69) is 21.6 Å². The monoisotopic (exact) mass is 314 g/mol. The van der Waals surface area contributed by atoms with Crippen molar-refractivity contribution in [2.75, 3.05) is 0 Å². The highest BCUT2D eigenvalue weighted by atomic mass is 32.2. The van der Waals surface area contributed by atoms with E-state index in [1.807, 2.05) is 0 Å². The molecule has 1 aliphatic rings. The van der Waals surface area contributed by atoms with Crippen molar-refractivity contribution in [2.45, 2.75) is 57.2 Å². The zero-order valence-electron chi connectivity index (χ0n) is 12.4. The van der Waals surface area contributed by atoms with Gasteiger partial charge in [-0.05, 0) is 26.7 Å².